The van der Waals surface area contributed by atoms with Crippen LogP contribution in [-0.4, -0.2) is 24.6 Å². The topological polar surface area (TPSA) is 91.7 Å². The second-order valence-electron chi connectivity index (χ2n) is 4.14. The molecule has 0 bridgehead atoms. The largest absolute Gasteiger partial charge is 0.478 e. The van der Waals surface area contributed by atoms with E-state index in [1.165, 1.54) is 48.5 Å². The number of hydrogen-bond acceptors (Lipinski definition) is 4. The van der Waals surface area contributed by atoms with E-state index in [0.29, 0.717) is 5.56 Å². The van der Waals surface area contributed by atoms with Gasteiger partial charge in [0.1, 0.15) is 0 Å². The van der Waals surface area contributed by atoms with Crippen molar-refractivity contribution in [3.05, 3.63) is 59.7 Å². The van der Waals surface area contributed by atoms with E-state index in [4.69, 9.17) is 10.2 Å². The summed E-state index contributed by atoms with van der Waals surface area (Å²) in [5.41, 5.74) is 0.643. The minimum Gasteiger partial charge on any atom is -0.478 e. The van der Waals surface area contributed by atoms with Crippen molar-refractivity contribution in [2.45, 2.75) is 16.4 Å². The molecule has 0 saturated heterocycles. The van der Waals surface area contributed by atoms with Crippen LogP contribution in [0.25, 0.3) is 0 Å². The highest BCUT2D eigenvalue weighted by Gasteiger charge is 2.17. The summed E-state index contributed by atoms with van der Waals surface area (Å²) in [4.78, 5) is 10.9. The lowest BCUT2D eigenvalue weighted by Crippen LogP contribution is -2.03. The van der Waals surface area contributed by atoms with Gasteiger partial charge in [0.15, 0.2) is 0 Å². The highest BCUT2D eigenvalue weighted by molar-refractivity contribution is 7.91. The molecule has 6 heteroatoms. The van der Waals surface area contributed by atoms with Crippen molar-refractivity contribution in [3.8, 4) is 0 Å². The third-order valence-corrected chi connectivity index (χ3v) is 4.61. The van der Waals surface area contributed by atoms with Crippen molar-refractivity contribution >= 4 is 15.8 Å². The van der Waals surface area contributed by atoms with Crippen LogP contribution in [-0.2, 0) is 16.4 Å². The maximum atomic E-state index is 12.3. The lowest BCUT2D eigenvalue weighted by molar-refractivity contribution is 0.0696. The Balaban J connectivity index is 2.40. The van der Waals surface area contributed by atoms with E-state index in [1.54, 1.807) is 0 Å². The van der Waals surface area contributed by atoms with Crippen LogP contribution < -0.4 is 0 Å². The molecular formula is C14H12O5S. The Labute approximate surface area is 116 Å². The first-order valence-corrected chi connectivity index (χ1v) is 7.21. The fourth-order valence-electron chi connectivity index (χ4n) is 1.69. The molecular weight excluding hydrogens is 280 g/mol. The van der Waals surface area contributed by atoms with Gasteiger partial charge in [-0.25, -0.2) is 13.2 Å². The van der Waals surface area contributed by atoms with Crippen LogP contribution in [0, 0.1) is 0 Å². The molecule has 2 aromatic rings. The normalized spacial score (nSPS) is 11.2. The molecule has 20 heavy (non-hydrogen) atoms. The summed E-state index contributed by atoms with van der Waals surface area (Å²) in [6.45, 7) is -0.159. The number of hydrogen-bond donors (Lipinski definition) is 2. The minimum absolute atomic E-state index is 0.0271. The summed E-state index contributed by atoms with van der Waals surface area (Å²) in [6.07, 6.45) is 0. The van der Waals surface area contributed by atoms with E-state index in [2.05, 4.69) is 0 Å². The van der Waals surface area contributed by atoms with Crippen molar-refractivity contribution in [1.82, 2.24) is 0 Å². The summed E-state index contributed by atoms with van der Waals surface area (Å²) < 4.78 is 24.6. The first-order chi connectivity index (χ1) is 9.45. The maximum Gasteiger partial charge on any atom is 0.335 e. The Bertz CT molecular complexity index is 715. The molecule has 0 aliphatic carbocycles. The van der Waals surface area contributed by atoms with Crippen molar-refractivity contribution in [1.29, 1.82) is 0 Å². The minimum atomic E-state index is -3.68. The van der Waals surface area contributed by atoms with Crippen molar-refractivity contribution < 1.29 is 23.4 Å². The van der Waals surface area contributed by atoms with E-state index < -0.39 is 15.8 Å². The summed E-state index contributed by atoms with van der Waals surface area (Å²) >= 11 is 0. The molecule has 0 spiro atoms. The molecule has 2 aromatic carbocycles. The van der Waals surface area contributed by atoms with E-state index in [1.807, 2.05) is 0 Å². The Hall–Kier alpha value is -2.18. The molecule has 0 atom stereocenters. The van der Waals surface area contributed by atoms with Gasteiger partial charge in [-0.05, 0) is 42.0 Å². The molecule has 2 N–H and O–H groups in total. The number of aliphatic hydroxyl groups is 1. The van der Waals surface area contributed by atoms with Gasteiger partial charge in [-0.1, -0.05) is 12.1 Å². The lowest BCUT2D eigenvalue weighted by Gasteiger charge is -2.05. The third-order valence-electron chi connectivity index (χ3n) is 2.83. The van der Waals surface area contributed by atoms with Crippen LogP contribution >= 0.6 is 0 Å². The van der Waals surface area contributed by atoms with Gasteiger partial charge >= 0.3 is 5.97 Å². The number of aliphatic hydroxyl groups excluding tert-OH is 1. The third kappa shape index (κ3) is 2.71. The summed E-state index contributed by atoms with van der Waals surface area (Å²) in [5.74, 6) is -1.11. The van der Waals surface area contributed by atoms with Gasteiger partial charge in [0.05, 0.1) is 22.0 Å². The summed E-state index contributed by atoms with van der Waals surface area (Å²) in [7, 11) is -3.68. The van der Waals surface area contributed by atoms with Gasteiger partial charge < -0.3 is 10.2 Å². The highest BCUT2D eigenvalue weighted by Crippen LogP contribution is 2.21. The van der Waals surface area contributed by atoms with Crippen LogP contribution in [0.15, 0.2) is 58.3 Å². The number of carboxylic acid groups (broad SMARTS) is 1. The van der Waals surface area contributed by atoms with Crippen LogP contribution in [0.1, 0.15) is 15.9 Å². The molecule has 0 aromatic heterocycles. The number of aromatic carboxylic acids is 1. The van der Waals surface area contributed by atoms with E-state index in [-0.39, 0.29) is 22.0 Å². The molecule has 0 radical (unpaired) electrons. The van der Waals surface area contributed by atoms with Gasteiger partial charge in [-0.3, -0.25) is 0 Å². The molecule has 0 aliphatic rings. The molecule has 0 unspecified atom stereocenters. The Morgan fingerprint density at radius 3 is 1.75 bits per heavy atom. The summed E-state index contributed by atoms with van der Waals surface area (Å²) in [5, 5.41) is 17.7. The molecule has 2 rings (SSSR count). The van der Waals surface area contributed by atoms with Crippen LogP contribution in [0.5, 0.6) is 0 Å². The average molecular weight is 292 g/mol. The molecule has 0 aliphatic heterocycles. The second-order valence-corrected chi connectivity index (χ2v) is 6.08. The quantitative estimate of drug-likeness (QED) is 0.895. The Morgan fingerprint density at radius 1 is 0.900 bits per heavy atom. The SMILES string of the molecule is O=C(O)c1ccc(S(=O)(=O)c2ccc(CO)cc2)cc1. The molecule has 104 valence electrons. The maximum absolute atomic E-state index is 12.3. The summed E-state index contributed by atoms with van der Waals surface area (Å²) in [6, 6.07) is 10.9. The standard InChI is InChI=1S/C14H12O5S/c15-9-10-1-5-12(6-2-10)20(18,19)13-7-3-11(4-8-13)14(16)17/h1-8,15H,9H2,(H,16,17). The zero-order chi connectivity index (χ0) is 14.8. The number of sulfone groups is 1. The van der Waals surface area contributed by atoms with Crippen molar-refractivity contribution in [2.24, 2.45) is 0 Å². The first-order valence-electron chi connectivity index (χ1n) is 5.73. The van der Waals surface area contributed by atoms with Crippen molar-refractivity contribution in [2.75, 3.05) is 0 Å². The average Bonchev–Trinajstić information content (AvgIpc) is 2.47. The molecule has 0 amide bonds. The smallest absolute Gasteiger partial charge is 0.335 e. The highest BCUT2D eigenvalue weighted by atomic mass is 32.2. The van der Waals surface area contributed by atoms with Gasteiger partial charge in [0, 0.05) is 0 Å². The second kappa shape index (κ2) is 5.44. The fourth-order valence-corrected chi connectivity index (χ4v) is 2.95. The van der Waals surface area contributed by atoms with Gasteiger partial charge in [-0.15, -0.1) is 0 Å². The Morgan fingerprint density at radius 2 is 1.35 bits per heavy atom. The van der Waals surface area contributed by atoms with Crippen LogP contribution in [0.4, 0.5) is 0 Å². The number of carbonyl (C=O) groups is 1. The number of rotatable bonds is 4. The Kier molecular flexibility index (Phi) is 3.87. The zero-order valence-corrected chi connectivity index (χ0v) is 11.2. The first kappa shape index (κ1) is 14.2. The molecule has 5 nitrogen and oxygen atoms in total. The predicted molar refractivity (Wildman–Crippen MR) is 71.2 cm³/mol. The molecule has 0 fully saturated rings. The number of carboxylic acids is 1. The monoisotopic (exact) mass is 292 g/mol. The van der Waals surface area contributed by atoms with Crippen LogP contribution in [0.2, 0.25) is 0 Å². The molecule has 0 heterocycles. The van der Waals surface area contributed by atoms with Gasteiger partial charge in [0.2, 0.25) is 9.84 Å². The lowest BCUT2D eigenvalue weighted by atomic mass is 10.2. The van der Waals surface area contributed by atoms with E-state index >= 15 is 0 Å². The van der Waals surface area contributed by atoms with Gasteiger partial charge in [0.25, 0.3) is 0 Å². The van der Waals surface area contributed by atoms with E-state index in [0.717, 1.165) is 0 Å². The predicted octanol–water partition coefficient (Wildman–Crippen LogP) is 1.71. The van der Waals surface area contributed by atoms with E-state index in [9.17, 15) is 13.2 Å². The van der Waals surface area contributed by atoms with Crippen LogP contribution in [0.3, 0.4) is 0 Å². The fraction of sp³-hybridized carbons (Fsp3) is 0.0714. The van der Waals surface area contributed by atoms with Gasteiger partial charge in [-0.2, -0.15) is 0 Å². The zero-order valence-electron chi connectivity index (χ0n) is 10.4. The van der Waals surface area contributed by atoms with Crippen molar-refractivity contribution in [3.63, 3.8) is 0 Å². The molecule has 0 saturated carbocycles. The number of benzene rings is 2.